The van der Waals surface area contributed by atoms with Crippen LogP contribution in [0.3, 0.4) is 0 Å². The monoisotopic (exact) mass is 87.1 g/mol. The van der Waals surface area contributed by atoms with Crippen molar-refractivity contribution in [1.82, 2.24) is 4.90 Å². The molecule has 35 valence electrons. The van der Waals surface area contributed by atoms with E-state index in [9.17, 15) is 0 Å². The van der Waals surface area contributed by atoms with E-state index in [1.807, 2.05) is 0 Å². The van der Waals surface area contributed by atoms with Crippen molar-refractivity contribution in [2.24, 2.45) is 0 Å². The van der Waals surface area contributed by atoms with Gasteiger partial charge in [0.15, 0.2) is 13.1 Å². The van der Waals surface area contributed by atoms with Crippen LogP contribution in [-0.2, 0) is 0 Å². The van der Waals surface area contributed by atoms with Crippen LogP contribution in [0.1, 0.15) is 0 Å². The molecule has 0 aliphatic carbocycles. The molecule has 1 radical (unpaired) electrons. The number of β-amino-alcohol motifs (C(OH)–C–C–N with tert-alkyl or cyclic N) is 1. The molecular weight excluding hydrogens is 78.0 g/mol. The molecule has 0 amide bonds. The SMILES string of the molecule is OCC[N+]1CC1. The molecule has 0 aromatic carbocycles. The van der Waals surface area contributed by atoms with E-state index in [4.69, 9.17) is 5.11 Å². The van der Waals surface area contributed by atoms with E-state index >= 15 is 0 Å². The molecule has 0 spiro atoms. The van der Waals surface area contributed by atoms with Crippen molar-refractivity contribution in [3.63, 3.8) is 0 Å². The Morgan fingerprint density at radius 2 is 2.17 bits per heavy atom. The Balaban J connectivity index is 1.88. The van der Waals surface area contributed by atoms with Gasteiger partial charge < -0.3 is 5.11 Å². The molecule has 0 saturated carbocycles. The molecule has 1 N–H and O–H groups in total. The van der Waals surface area contributed by atoms with E-state index in [1.165, 1.54) is 13.1 Å². The Labute approximate surface area is 37.4 Å². The first-order chi connectivity index (χ1) is 2.93. The highest BCUT2D eigenvalue weighted by Crippen LogP contribution is 1.93. The zero-order valence-corrected chi connectivity index (χ0v) is 3.72. The third-order valence-corrected chi connectivity index (χ3v) is 0.956. The molecule has 0 unspecified atom stereocenters. The number of hydrogen-bond acceptors (Lipinski definition) is 2. The lowest BCUT2D eigenvalue weighted by Gasteiger charge is -1.78. The Bertz CT molecular complexity index is 42.8. The quantitative estimate of drug-likeness (QED) is 0.344. The minimum Gasteiger partial charge on any atom is -0.390 e. The summed E-state index contributed by atoms with van der Waals surface area (Å²) in [4.78, 5) is 2.18. The summed E-state index contributed by atoms with van der Waals surface area (Å²) in [6.45, 7) is 3.58. The van der Waals surface area contributed by atoms with Gasteiger partial charge in [-0.15, -0.1) is 0 Å². The molecule has 1 heterocycles. The second-order valence-electron chi connectivity index (χ2n) is 1.57. The Kier molecular flexibility index (Phi) is 1.08. The second kappa shape index (κ2) is 1.58. The van der Waals surface area contributed by atoms with E-state index in [1.54, 1.807) is 0 Å². The zero-order chi connectivity index (χ0) is 4.41. The fourth-order valence-corrected chi connectivity index (χ4v) is 0.436. The van der Waals surface area contributed by atoms with Gasteiger partial charge in [0.05, 0.1) is 6.61 Å². The summed E-state index contributed by atoms with van der Waals surface area (Å²) in [6.07, 6.45) is 0. The molecule has 1 saturated heterocycles. The molecule has 0 aromatic rings. The van der Waals surface area contributed by atoms with Gasteiger partial charge in [-0.1, -0.05) is 0 Å². The van der Waals surface area contributed by atoms with Crippen LogP contribution in [-0.4, -0.2) is 31.3 Å². The molecule has 0 atom stereocenters. The largest absolute Gasteiger partial charge is 0.390 e. The summed E-state index contributed by atoms with van der Waals surface area (Å²) in [5, 5.41) is 8.24. The van der Waals surface area contributed by atoms with Crippen LogP contribution in [0, 0.1) is 0 Å². The molecule has 0 aromatic heterocycles. The molecule has 6 heavy (non-hydrogen) atoms. The van der Waals surface area contributed by atoms with Crippen LogP contribution in [0.15, 0.2) is 0 Å². The van der Waals surface area contributed by atoms with Gasteiger partial charge in [0.2, 0.25) is 0 Å². The highest BCUT2D eigenvalue weighted by molar-refractivity contribution is 4.78. The van der Waals surface area contributed by atoms with Crippen molar-refractivity contribution in [2.45, 2.75) is 0 Å². The maximum Gasteiger partial charge on any atom is 0.176 e. The van der Waals surface area contributed by atoms with Crippen molar-refractivity contribution in [1.29, 1.82) is 0 Å². The van der Waals surface area contributed by atoms with Crippen LogP contribution in [0.5, 0.6) is 0 Å². The number of aliphatic hydroxyl groups is 1. The minimum atomic E-state index is 0.319. The molecule has 2 nitrogen and oxygen atoms in total. The summed E-state index contributed by atoms with van der Waals surface area (Å²) < 4.78 is 0. The van der Waals surface area contributed by atoms with E-state index in [-0.39, 0.29) is 0 Å². The predicted molar refractivity (Wildman–Crippen MR) is 23.8 cm³/mol. The highest BCUT2D eigenvalue weighted by Gasteiger charge is 2.28. The van der Waals surface area contributed by atoms with Gasteiger partial charge in [0.1, 0.15) is 6.54 Å². The van der Waals surface area contributed by atoms with Crippen LogP contribution < -0.4 is 4.90 Å². The first-order valence-corrected chi connectivity index (χ1v) is 2.26. The summed E-state index contributed by atoms with van der Waals surface area (Å²) in [5.74, 6) is 0. The highest BCUT2D eigenvalue weighted by atomic mass is 16.3. The molecule has 1 aliphatic heterocycles. The maximum absolute atomic E-state index is 8.24. The van der Waals surface area contributed by atoms with Crippen molar-refractivity contribution in [2.75, 3.05) is 26.2 Å². The number of aliphatic hydroxyl groups excluding tert-OH is 1. The fourth-order valence-electron chi connectivity index (χ4n) is 0.436. The van der Waals surface area contributed by atoms with E-state index in [0.717, 1.165) is 6.54 Å². The Morgan fingerprint density at radius 1 is 1.50 bits per heavy atom. The van der Waals surface area contributed by atoms with Crippen molar-refractivity contribution >= 4 is 0 Å². The number of rotatable bonds is 2. The molecule has 2 heteroatoms. The normalized spacial score (nSPS) is 21.5. The summed E-state index contributed by atoms with van der Waals surface area (Å²) >= 11 is 0. The molecule has 0 bridgehead atoms. The lowest BCUT2D eigenvalue weighted by molar-refractivity contribution is 0.289. The summed E-state index contributed by atoms with van der Waals surface area (Å²) in [7, 11) is 0. The summed E-state index contributed by atoms with van der Waals surface area (Å²) in [6, 6.07) is 0. The third kappa shape index (κ3) is 0.954. The standard InChI is InChI=1S/C4H9NO/c6-4-3-5-1-2-5/h6H,1-4H2/q+1. The third-order valence-electron chi connectivity index (χ3n) is 0.956. The number of hydrogen-bond donors (Lipinski definition) is 1. The van der Waals surface area contributed by atoms with Gasteiger partial charge in [-0.05, 0) is 0 Å². The zero-order valence-electron chi connectivity index (χ0n) is 3.72. The molecule has 1 rings (SSSR count). The van der Waals surface area contributed by atoms with Crippen LogP contribution in [0.25, 0.3) is 0 Å². The van der Waals surface area contributed by atoms with Crippen molar-refractivity contribution < 1.29 is 5.11 Å². The van der Waals surface area contributed by atoms with Crippen LogP contribution >= 0.6 is 0 Å². The Morgan fingerprint density at radius 3 is 2.33 bits per heavy atom. The van der Waals surface area contributed by atoms with Crippen molar-refractivity contribution in [3.05, 3.63) is 0 Å². The maximum atomic E-state index is 8.24. The van der Waals surface area contributed by atoms with Crippen LogP contribution in [0.4, 0.5) is 0 Å². The average Bonchev–Trinajstić information content (AvgIpc) is 2.21. The van der Waals surface area contributed by atoms with E-state index in [2.05, 4.69) is 4.90 Å². The lowest BCUT2D eigenvalue weighted by atomic mass is 10.7. The van der Waals surface area contributed by atoms with Gasteiger partial charge >= 0.3 is 0 Å². The average molecular weight is 87.1 g/mol. The molecule has 1 fully saturated rings. The van der Waals surface area contributed by atoms with Gasteiger partial charge in [-0.3, -0.25) is 0 Å². The smallest absolute Gasteiger partial charge is 0.176 e. The van der Waals surface area contributed by atoms with E-state index < -0.39 is 0 Å². The van der Waals surface area contributed by atoms with E-state index in [0.29, 0.717) is 6.61 Å². The van der Waals surface area contributed by atoms with Crippen LogP contribution in [0.2, 0.25) is 0 Å². The first-order valence-electron chi connectivity index (χ1n) is 2.26. The van der Waals surface area contributed by atoms with Gasteiger partial charge in [0.25, 0.3) is 0 Å². The van der Waals surface area contributed by atoms with Gasteiger partial charge in [-0.2, -0.15) is 4.90 Å². The fraction of sp³-hybridized carbons (Fsp3) is 1.00. The van der Waals surface area contributed by atoms with Gasteiger partial charge in [-0.25, -0.2) is 0 Å². The lowest BCUT2D eigenvalue weighted by Crippen LogP contribution is -2.08. The summed E-state index contributed by atoms with van der Waals surface area (Å²) in [5.41, 5.74) is 0. The van der Waals surface area contributed by atoms with Gasteiger partial charge in [0, 0.05) is 0 Å². The Hall–Kier alpha value is -0.0800. The number of nitrogens with zero attached hydrogens (tertiary/aromatic N) is 1. The molecular formula is C4H9NO+. The van der Waals surface area contributed by atoms with Crippen molar-refractivity contribution in [3.8, 4) is 0 Å². The first kappa shape index (κ1) is 4.09. The predicted octanol–water partition coefficient (Wildman–Crippen LogP) is -0.868. The minimum absolute atomic E-state index is 0.319. The topological polar surface area (TPSA) is 26.1 Å². The molecule has 1 aliphatic rings. The second-order valence-corrected chi connectivity index (χ2v) is 1.57.